The molecular formula is C15H15ClFNO2S. The minimum absolute atomic E-state index is 0.149. The topological polar surface area (TPSA) is 46.2 Å². The molecule has 0 saturated carbocycles. The fraction of sp³-hybridized carbons (Fsp3) is 0.200. The lowest BCUT2D eigenvalue weighted by Crippen LogP contribution is -2.13. The maximum atomic E-state index is 13.0. The summed E-state index contributed by atoms with van der Waals surface area (Å²) in [6.45, 7) is 3.95. The lowest BCUT2D eigenvalue weighted by molar-refractivity contribution is 0.600. The zero-order chi connectivity index (χ0) is 15.6. The molecule has 1 N–H and O–H groups in total. The predicted octanol–water partition coefficient (Wildman–Crippen LogP) is 4.15. The number of hydrogen-bond donors (Lipinski definition) is 1. The number of sulfonamides is 1. The van der Waals surface area contributed by atoms with Crippen LogP contribution in [0.3, 0.4) is 0 Å². The number of benzene rings is 2. The molecule has 0 unspecified atom stereocenters. The Morgan fingerprint density at radius 1 is 1.19 bits per heavy atom. The van der Waals surface area contributed by atoms with E-state index >= 15 is 0 Å². The summed E-state index contributed by atoms with van der Waals surface area (Å²) < 4.78 is 40.0. The summed E-state index contributed by atoms with van der Waals surface area (Å²) in [5, 5.41) is -0.149. The Hall–Kier alpha value is -1.59. The van der Waals surface area contributed by atoms with Crippen molar-refractivity contribution in [3.63, 3.8) is 0 Å². The molecule has 0 aromatic heterocycles. The van der Waals surface area contributed by atoms with Crippen molar-refractivity contribution in [3.05, 3.63) is 58.4 Å². The van der Waals surface area contributed by atoms with Gasteiger partial charge in [-0.3, -0.25) is 4.72 Å². The first-order valence-electron chi connectivity index (χ1n) is 6.41. The molecule has 0 fully saturated rings. The van der Waals surface area contributed by atoms with Gasteiger partial charge in [-0.15, -0.1) is 0 Å². The van der Waals surface area contributed by atoms with E-state index in [9.17, 15) is 12.8 Å². The van der Waals surface area contributed by atoms with Gasteiger partial charge >= 0.3 is 0 Å². The third-order valence-corrected chi connectivity index (χ3v) is 5.02. The van der Waals surface area contributed by atoms with Gasteiger partial charge in [0.1, 0.15) is 10.7 Å². The molecule has 0 aliphatic carbocycles. The number of halogens is 2. The maximum absolute atomic E-state index is 13.0. The highest BCUT2D eigenvalue weighted by atomic mass is 35.5. The SMILES string of the molecule is CCc1ccc(NS(=O)(=O)c2ccc(F)cc2Cl)cc1C. The molecule has 0 amide bonds. The highest BCUT2D eigenvalue weighted by Crippen LogP contribution is 2.25. The van der Waals surface area contributed by atoms with Crippen LogP contribution in [0, 0.1) is 12.7 Å². The number of aryl methyl sites for hydroxylation is 2. The van der Waals surface area contributed by atoms with Crippen LogP contribution in [-0.4, -0.2) is 8.42 Å². The molecule has 3 nitrogen and oxygen atoms in total. The smallest absolute Gasteiger partial charge is 0.263 e. The zero-order valence-corrected chi connectivity index (χ0v) is 13.2. The summed E-state index contributed by atoms with van der Waals surface area (Å²) in [6.07, 6.45) is 0.878. The van der Waals surface area contributed by atoms with Gasteiger partial charge in [0.2, 0.25) is 0 Å². The molecule has 0 spiro atoms. The van der Waals surface area contributed by atoms with Crippen molar-refractivity contribution in [1.82, 2.24) is 0 Å². The van der Waals surface area contributed by atoms with Gasteiger partial charge in [0.05, 0.1) is 5.02 Å². The van der Waals surface area contributed by atoms with E-state index in [2.05, 4.69) is 4.72 Å². The third kappa shape index (κ3) is 3.54. The Kier molecular flexibility index (Phi) is 4.54. The number of anilines is 1. The molecule has 2 rings (SSSR count). The van der Waals surface area contributed by atoms with E-state index in [0.29, 0.717) is 5.69 Å². The minimum atomic E-state index is -3.85. The molecular weight excluding hydrogens is 313 g/mol. The fourth-order valence-electron chi connectivity index (χ4n) is 2.06. The van der Waals surface area contributed by atoms with Gasteiger partial charge in [-0.05, 0) is 54.8 Å². The molecule has 0 aliphatic heterocycles. The van der Waals surface area contributed by atoms with E-state index in [0.717, 1.165) is 35.7 Å². The molecule has 0 aliphatic rings. The van der Waals surface area contributed by atoms with E-state index in [1.807, 2.05) is 19.9 Å². The lowest BCUT2D eigenvalue weighted by atomic mass is 10.1. The van der Waals surface area contributed by atoms with Gasteiger partial charge in [0.15, 0.2) is 0 Å². The van der Waals surface area contributed by atoms with E-state index in [1.165, 1.54) is 0 Å². The average Bonchev–Trinajstić information content (AvgIpc) is 2.37. The lowest BCUT2D eigenvalue weighted by Gasteiger charge is -2.11. The van der Waals surface area contributed by atoms with Crippen LogP contribution in [0.5, 0.6) is 0 Å². The van der Waals surface area contributed by atoms with Gasteiger partial charge < -0.3 is 0 Å². The largest absolute Gasteiger partial charge is 0.280 e. The summed E-state index contributed by atoms with van der Waals surface area (Å²) in [4.78, 5) is -0.150. The summed E-state index contributed by atoms with van der Waals surface area (Å²) in [6, 6.07) is 8.51. The van der Waals surface area contributed by atoms with Gasteiger partial charge in [-0.1, -0.05) is 24.6 Å². The minimum Gasteiger partial charge on any atom is -0.280 e. The van der Waals surface area contributed by atoms with Crippen molar-refractivity contribution in [1.29, 1.82) is 0 Å². The summed E-state index contributed by atoms with van der Waals surface area (Å²) in [5.41, 5.74) is 2.60. The van der Waals surface area contributed by atoms with Crippen molar-refractivity contribution >= 4 is 27.3 Å². The Morgan fingerprint density at radius 2 is 1.90 bits per heavy atom. The molecule has 2 aromatic carbocycles. The molecule has 0 radical (unpaired) electrons. The predicted molar refractivity (Wildman–Crippen MR) is 82.8 cm³/mol. The summed E-state index contributed by atoms with van der Waals surface area (Å²) in [5.74, 6) is -0.581. The van der Waals surface area contributed by atoms with Crippen LogP contribution in [0.2, 0.25) is 5.02 Å². The van der Waals surface area contributed by atoms with Crippen molar-refractivity contribution in [2.75, 3.05) is 4.72 Å². The van der Waals surface area contributed by atoms with Crippen LogP contribution < -0.4 is 4.72 Å². The van der Waals surface area contributed by atoms with E-state index in [1.54, 1.807) is 12.1 Å². The molecule has 2 aromatic rings. The van der Waals surface area contributed by atoms with Crippen LogP contribution >= 0.6 is 11.6 Å². The van der Waals surface area contributed by atoms with Gasteiger partial charge in [0, 0.05) is 5.69 Å². The second-order valence-corrected chi connectivity index (χ2v) is 6.73. The summed E-state index contributed by atoms with van der Waals surface area (Å²) in [7, 11) is -3.85. The Morgan fingerprint density at radius 3 is 2.48 bits per heavy atom. The van der Waals surface area contributed by atoms with Crippen LogP contribution in [-0.2, 0) is 16.4 Å². The molecule has 0 bridgehead atoms. The second kappa shape index (κ2) is 6.03. The van der Waals surface area contributed by atoms with E-state index < -0.39 is 15.8 Å². The standard InChI is InChI=1S/C15H15ClFNO2S/c1-3-11-4-6-13(8-10(11)2)18-21(19,20)15-7-5-12(17)9-14(15)16/h4-9,18H,3H2,1-2H3. The van der Waals surface area contributed by atoms with Crippen LogP contribution in [0.15, 0.2) is 41.3 Å². The average molecular weight is 328 g/mol. The third-order valence-electron chi connectivity index (χ3n) is 3.16. The van der Waals surface area contributed by atoms with Crippen molar-refractivity contribution in [3.8, 4) is 0 Å². The number of rotatable bonds is 4. The Balaban J connectivity index is 2.35. The number of hydrogen-bond acceptors (Lipinski definition) is 2. The molecule has 21 heavy (non-hydrogen) atoms. The molecule has 6 heteroatoms. The quantitative estimate of drug-likeness (QED) is 0.917. The van der Waals surface area contributed by atoms with Crippen molar-refractivity contribution in [2.45, 2.75) is 25.2 Å². The highest BCUT2D eigenvalue weighted by molar-refractivity contribution is 7.92. The first-order valence-corrected chi connectivity index (χ1v) is 8.27. The monoisotopic (exact) mass is 327 g/mol. The first kappa shape index (κ1) is 15.8. The van der Waals surface area contributed by atoms with E-state index in [4.69, 9.17) is 11.6 Å². The van der Waals surface area contributed by atoms with Crippen LogP contribution in [0.4, 0.5) is 10.1 Å². The van der Waals surface area contributed by atoms with Crippen LogP contribution in [0.1, 0.15) is 18.1 Å². The molecule has 0 saturated heterocycles. The van der Waals surface area contributed by atoms with E-state index in [-0.39, 0.29) is 9.92 Å². The fourth-order valence-corrected chi connectivity index (χ4v) is 3.64. The maximum Gasteiger partial charge on any atom is 0.263 e. The van der Waals surface area contributed by atoms with Crippen LogP contribution in [0.25, 0.3) is 0 Å². The Labute approximate surface area is 128 Å². The zero-order valence-electron chi connectivity index (χ0n) is 11.7. The van der Waals surface area contributed by atoms with Gasteiger partial charge in [-0.2, -0.15) is 0 Å². The summed E-state index contributed by atoms with van der Waals surface area (Å²) >= 11 is 5.80. The van der Waals surface area contributed by atoms with Gasteiger partial charge in [-0.25, -0.2) is 12.8 Å². The molecule has 0 heterocycles. The Bertz CT molecular complexity index is 775. The second-order valence-electron chi connectivity index (χ2n) is 4.68. The van der Waals surface area contributed by atoms with Crippen molar-refractivity contribution < 1.29 is 12.8 Å². The molecule has 112 valence electrons. The van der Waals surface area contributed by atoms with Gasteiger partial charge in [0.25, 0.3) is 10.0 Å². The molecule has 0 atom stereocenters. The highest BCUT2D eigenvalue weighted by Gasteiger charge is 2.18. The van der Waals surface area contributed by atoms with Crippen molar-refractivity contribution in [2.24, 2.45) is 0 Å². The number of nitrogens with one attached hydrogen (secondary N) is 1. The normalized spacial score (nSPS) is 11.4. The first-order chi connectivity index (χ1) is 9.83.